The number of hydrogen-bond acceptors (Lipinski definition) is 3. The number of aryl methyl sites for hydroxylation is 1. The number of halogens is 1. The molecule has 0 N–H and O–H groups in total. The van der Waals surface area contributed by atoms with E-state index < -0.39 is 0 Å². The van der Waals surface area contributed by atoms with Crippen LogP contribution in [0.25, 0.3) is 0 Å². The summed E-state index contributed by atoms with van der Waals surface area (Å²) in [4.78, 5) is 11.7. The van der Waals surface area contributed by atoms with Crippen molar-refractivity contribution in [1.82, 2.24) is 19.3 Å². The third kappa shape index (κ3) is 1.99. The second-order valence-electron chi connectivity index (χ2n) is 3.15. The van der Waals surface area contributed by atoms with E-state index in [1.807, 2.05) is 13.1 Å². The van der Waals surface area contributed by atoms with Crippen molar-refractivity contribution in [3.8, 4) is 0 Å². The van der Waals surface area contributed by atoms with E-state index in [4.69, 9.17) is 0 Å². The highest BCUT2D eigenvalue weighted by molar-refractivity contribution is 9.10. The van der Waals surface area contributed by atoms with Crippen LogP contribution in [0.5, 0.6) is 0 Å². The third-order valence-corrected chi connectivity index (χ3v) is 2.69. The van der Waals surface area contributed by atoms with Crippen LogP contribution >= 0.6 is 15.9 Å². The van der Waals surface area contributed by atoms with Crippen LogP contribution in [-0.2, 0) is 13.6 Å². The summed E-state index contributed by atoms with van der Waals surface area (Å²) in [7, 11) is 1.85. The molecule has 78 valence electrons. The first-order chi connectivity index (χ1) is 7.18. The Bertz CT molecular complexity index is 531. The largest absolute Gasteiger partial charge is 0.319 e. The molecule has 0 atom stereocenters. The van der Waals surface area contributed by atoms with Crippen LogP contribution in [0.4, 0.5) is 0 Å². The Morgan fingerprint density at radius 1 is 1.53 bits per heavy atom. The van der Waals surface area contributed by atoms with Crippen LogP contribution in [0.2, 0.25) is 0 Å². The lowest BCUT2D eigenvalue weighted by Gasteiger charge is -2.04. The minimum Gasteiger partial charge on any atom is -0.319 e. The highest BCUT2D eigenvalue weighted by atomic mass is 79.9. The van der Waals surface area contributed by atoms with E-state index in [0.717, 1.165) is 5.82 Å². The zero-order chi connectivity index (χ0) is 10.8. The molecule has 0 saturated carbocycles. The van der Waals surface area contributed by atoms with E-state index >= 15 is 0 Å². The van der Waals surface area contributed by atoms with Crippen molar-refractivity contribution in [2.45, 2.75) is 6.54 Å². The summed E-state index contributed by atoms with van der Waals surface area (Å²) >= 11 is 3.19. The smallest absolute Gasteiger partial charge is 0.265 e. The quantitative estimate of drug-likeness (QED) is 0.809. The van der Waals surface area contributed by atoms with Crippen LogP contribution in [-0.4, -0.2) is 19.3 Å². The molecule has 15 heavy (non-hydrogen) atoms. The van der Waals surface area contributed by atoms with Gasteiger partial charge in [0.15, 0.2) is 5.82 Å². The normalized spacial score (nSPS) is 10.5. The lowest BCUT2D eigenvalue weighted by Crippen LogP contribution is -2.21. The Morgan fingerprint density at radius 3 is 3.00 bits per heavy atom. The Hall–Kier alpha value is -1.43. The minimum atomic E-state index is -0.0690. The Balaban J connectivity index is 2.37. The van der Waals surface area contributed by atoms with Gasteiger partial charge in [0, 0.05) is 13.2 Å². The van der Waals surface area contributed by atoms with Crippen LogP contribution < -0.4 is 5.56 Å². The van der Waals surface area contributed by atoms with Gasteiger partial charge in [-0.05, 0) is 28.1 Å². The molecule has 2 rings (SSSR count). The van der Waals surface area contributed by atoms with E-state index in [-0.39, 0.29) is 5.56 Å². The highest BCUT2D eigenvalue weighted by Crippen LogP contribution is 2.02. The molecule has 2 aromatic rings. The Kier molecular flexibility index (Phi) is 2.68. The molecule has 0 aliphatic carbocycles. The fraction of sp³-hybridized carbons (Fsp3) is 0.222. The van der Waals surface area contributed by atoms with Gasteiger partial charge in [-0.25, -0.2) is 0 Å². The van der Waals surface area contributed by atoms with Gasteiger partial charge in [0.05, 0.1) is 11.0 Å². The third-order valence-electron chi connectivity index (χ3n) is 2.09. The van der Waals surface area contributed by atoms with Gasteiger partial charge in [-0.1, -0.05) is 0 Å². The van der Waals surface area contributed by atoms with E-state index in [2.05, 4.69) is 26.1 Å². The molecule has 0 amide bonds. The van der Waals surface area contributed by atoms with E-state index in [0.29, 0.717) is 11.0 Å². The van der Waals surface area contributed by atoms with Crippen molar-refractivity contribution in [3.05, 3.63) is 45.3 Å². The molecule has 0 aliphatic heterocycles. The summed E-state index contributed by atoms with van der Waals surface area (Å²) in [6.07, 6.45) is 3.33. The average Bonchev–Trinajstić information content (AvgIpc) is 2.60. The first kappa shape index (κ1) is 10.1. The molecule has 5 nitrogen and oxygen atoms in total. The maximum absolute atomic E-state index is 11.7. The van der Waals surface area contributed by atoms with Gasteiger partial charge in [0.1, 0.15) is 6.33 Å². The van der Waals surface area contributed by atoms with Crippen molar-refractivity contribution < 1.29 is 0 Å². The molecular weight excluding hydrogens is 260 g/mol. The Morgan fingerprint density at radius 2 is 2.33 bits per heavy atom. The van der Waals surface area contributed by atoms with Crippen molar-refractivity contribution in [2.75, 3.05) is 0 Å². The molecular formula is C9H9BrN4O. The van der Waals surface area contributed by atoms with Gasteiger partial charge in [-0.3, -0.25) is 4.79 Å². The van der Waals surface area contributed by atoms with Crippen molar-refractivity contribution in [2.24, 2.45) is 7.05 Å². The second-order valence-corrected chi connectivity index (χ2v) is 4.00. The lowest BCUT2D eigenvalue weighted by atomic mass is 10.4. The second kappa shape index (κ2) is 3.98. The summed E-state index contributed by atoms with van der Waals surface area (Å²) in [5, 5.41) is 7.68. The summed E-state index contributed by atoms with van der Waals surface area (Å²) in [6, 6.07) is 3.53. The minimum absolute atomic E-state index is 0.0690. The fourth-order valence-electron chi connectivity index (χ4n) is 1.23. The maximum atomic E-state index is 11.7. The summed E-state index contributed by atoms with van der Waals surface area (Å²) in [5.41, 5.74) is -0.0690. The topological polar surface area (TPSA) is 52.7 Å². The molecule has 0 bridgehead atoms. The van der Waals surface area contributed by atoms with Crippen molar-refractivity contribution in [1.29, 1.82) is 0 Å². The van der Waals surface area contributed by atoms with Gasteiger partial charge < -0.3 is 9.13 Å². The van der Waals surface area contributed by atoms with Gasteiger partial charge in [-0.15, -0.1) is 10.2 Å². The highest BCUT2D eigenvalue weighted by Gasteiger charge is 2.04. The monoisotopic (exact) mass is 268 g/mol. The molecule has 6 heteroatoms. The number of pyridine rings is 1. The SMILES string of the molecule is Cn1cnnc1Cn1cccc(Br)c1=O. The molecule has 2 aromatic heterocycles. The molecule has 0 fully saturated rings. The van der Waals surface area contributed by atoms with E-state index in [1.54, 1.807) is 27.7 Å². The zero-order valence-corrected chi connectivity index (χ0v) is 9.68. The Labute approximate surface area is 94.5 Å². The summed E-state index contributed by atoms with van der Waals surface area (Å²) in [6.45, 7) is 0.425. The fourth-order valence-corrected chi connectivity index (χ4v) is 1.62. The average molecular weight is 269 g/mol. The van der Waals surface area contributed by atoms with Gasteiger partial charge in [-0.2, -0.15) is 0 Å². The lowest BCUT2D eigenvalue weighted by molar-refractivity contribution is 0.674. The molecule has 0 aromatic carbocycles. The molecule has 0 saturated heterocycles. The van der Waals surface area contributed by atoms with Gasteiger partial charge >= 0.3 is 0 Å². The van der Waals surface area contributed by atoms with E-state index in [9.17, 15) is 4.79 Å². The summed E-state index contributed by atoms with van der Waals surface area (Å²) < 4.78 is 3.91. The molecule has 0 aliphatic rings. The molecule has 0 spiro atoms. The number of rotatable bonds is 2. The predicted octanol–water partition coefficient (Wildman–Crippen LogP) is 0.788. The number of aromatic nitrogens is 4. The van der Waals surface area contributed by atoms with Gasteiger partial charge in [0.25, 0.3) is 5.56 Å². The van der Waals surface area contributed by atoms with Gasteiger partial charge in [0.2, 0.25) is 0 Å². The molecule has 0 unspecified atom stereocenters. The van der Waals surface area contributed by atoms with Crippen LogP contribution in [0, 0.1) is 0 Å². The van der Waals surface area contributed by atoms with E-state index in [1.165, 1.54) is 0 Å². The molecule has 2 heterocycles. The van der Waals surface area contributed by atoms with Crippen LogP contribution in [0.15, 0.2) is 33.9 Å². The number of hydrogen-bond donors (Lipinski definition) is 0. The van der Waals surface area contributed by atoms with Crippen LogP contribution in [0.1, 0.15) is 5.82 Å². The van der Waals surface area contributed by atoms with Crippen LogP contribution in [0.3, 0.4) is 0 Å². The first-order valence-corrected chi connectivity index (χ1v) is 5.15. The predicted molar refractivity (Wildman–Crippen MR) is 58.5 cm³/mol. The molecule has 0 radical (unpaired) electrons. The standard InChI is InChI=1S/C9H9BrN4O/c1-13-6-11-12-8(13)5-14-4-2-3-7(10)9(14)15/h2-4,6H,5H2,1H3. The number of nitrogens with zero attached hydrogens (tertiary/aromatic N) is 4. The van der Waals surface area contributed by atoms with Crippen molar-refractivity contribution in [3.63, 3.8) is 0 Å². The first-order valence-electron chi connectivity index (χ1n) is 4.36. The summed E-state index contributed by atoms with van der Waals surface area (Å²) in [5.74, 6) is 0.746. The maximum Gasteiger partial charge on any atom is 0.265 e. The zero-order valence-electron chi connectivity index (χ0n) is 8.09. The van der Waals surface area contributed by atoms with Crippen molar-refractivity contribution >= 4 is 15.9 Å².